The molecule has 144 valence electrons. The van der Waals surface area contributed by atoms with E-state index in [0.29, 0.717) is 28.0 Å². The van der Waals surface area contributed by atoms with Crippen LogP contribution in [0.1, 0.15) is 11.1 Å². The van der Waals surface area contributed by atoms with Crippen molar-refractivity contribution in [1.29, 1.82) is 0 Å². The number of sulfonamides is 1. The first-order chi connectivity index (χ1) is 13.4. The summed E-state index contributed by atoms with van der Waals surface area (Å²) in [5, 5.41) is 4.84. The van der Waals surface area contributed by atoms with E-state index in [0.717, 1.165) is 5.56 Å². The van der Waals surface area contributed by atoms with Gasteiger partial charge in [0.15, 0.2) is 0 Å². The molecule has 0 aliphatic carbocycles. The lowest BCUT2D eigenvalue weighted by Gasteiger charge is -2.09. The molecule has 0 spiro atoms. The topological polar surface area (TPSA) is 67.8 Å². The summed E-state index contributed by atoms with van der Waals surface area (Å²) in [4.78, 5) is 2.30. The van der Waals surface area contributed by atoms with E-state index in [9.17, 15) is 8.42 Å². The Morgan fingerprint density at radius 1 is 0.964 bits per heavy atom. The van der Waals surface area contributed by atoms with Crippen molar-refractivity contribution >= 4 is 39.4 Å². The summed E-state index contributed by atoms with van der Waals surface area (Å²) >= 11 is 12.1. The van der Waals surface area contributed by atoms with Crippen LogP contribution in [-0.2, 0) is 16.6 Å². The Morgan fingerprint density at radius 3 is 2.36 bits per heavy atom. The summed E-state index contributed by atoms with van der Waals surface area (Å²) in [6.45, 7) is 0.348. The van der Waals surface area contributed by atoms with Crippen LogP contribution in [0.4, 0.5) is 0 Å². The fraction of sp³-hybridized carbons (Fsp3) is 0.0500. The molecule has 0 fully saturated rings. The SMILES string of the molecule is O=S(=O)(N/N=C\c1ccc(OCc2ccc(Cl)cc2)c(Cl)c1)c1ccccc1. The van der Waals surface area contributed by atoms with Crippen LogP contribution in [0.25, 0.3) is 0 Å². The highest BCUT2D eigenvalue weighted by Gasteiger charge is 2.11. The average molecular weight is 435 g/mol. The molecule has 0 radical (unpaired) electrons. The van der Waals surface area contributed by atoms with Gasteiger partial charge in [0.05, 0.1) is 16.1 Å². The maximum atomic E-state index is 12.1. The van der Waals surface area contributed by atoms with Crippen LogP contribution in [-0.4, -0.2) is 14.6 Å². The van der Waals surface area contributed by atoms with E-state index in [2.05, 4.69) is 9.93 Å². The van der Waals surface area contributed by atoms with Gasteiger partial charge in [-0.1, -0.05) is 53.5 Å². The molecule has 28 heavy (non-hydrogen) atoms. The van der Waals surface area contributed by atoms with E-state index in [1.807, 2.05) is 12.1 Å². The number of halogens is 2. The minimum Gasteiger partial charge on any atom is -0.487 e. The van der Waals surface area contributed by atoms with E-state index in [4.69, 9.17) is 27.9 Å². The molecule has 0 bridgehead atoms. The summed E-state index contributed by atoms with van der Waals surface area (Å²) in [6, 6.07) is 20.4. The summed E-state index contributed by atoms with van der Waals surface area (Å²) < 4.78 is 29.9. The molecule has 0 saturated carbocycles. The van der Waals surface area contributed by atoms with Crippen molar-refractivity contribution in [2.24, 2.45) is 5.10 Å². The van der Waals surface area contributed by atoms with E-state index < -0.39 is 10.0 Å². The molecule has 3 aromatic carbocycles. The zero-order valence-electron chi connectivity index (χ0n) is 14.5. The second kappa shape index (κ2) is 9.10. The van der Waals surface area contributed by atoms with Gasteiger partial charge < -0.3 is 4.74 Å². The fourth-order valence-corrected chi connectivity index (χ4v) is 3.46. The molecule has 3 aromatic rings. The molecular formula is C20H16Cl2N2O3S. The number of nitrogens with one attached hydrogen (secondary N) is 1. The highest BCUT2D eigenvalue weighted by molar-refractivity contribution is 7.89. The van der Waals surface area contributed by atoms with E-state index in [1.54, 1.807) is 48.5 Å². The van der Waals surface area contributed by atoms with Crippen molar-refractivity contribution in [1.82, 2.24) is 4.83 Å². The smallest absolute Gasteiger partial charge is 0.276 e. The summed E-state index contributed by atoms with van der Waals surface area (Å²) in [5.74, 6) is 0.513. The van der Waals surface area contributed by atoms with Crippen LogP contribution < -0.4 is 9.57 Å². The highest BCUT2D eigenvalue weighted by atomic mass is 35.5. The molecule has 0 aliphatic rings. The third-order valence-electron chi connectivity index (χ3n) is 3.70. The van der Waals surface area contributed by atoms with Crippen LogP contribution in [0.15, 0.2) is 82.8 Å². The Bertz CT molecular complexity index is 1070. The van der Waals surface area contributed by atoms with Crippen molar-refractivity contribution in [2.75, 3.05) is 0 Å². The highest BCUT2D eigenvalue weighted by Crippen LogP contribution is 2.26. The molecule has 5 nitrogen and oxygen atoms in total. The minimum atomic E-state index is -3.71. The molecule has 0 aromatic heterocycles. The normalized spacial score (nSPS) is 11.5. The third kappa shape index (κ3) is 5.48. The Hall–Kier alpha value is -2.54. The molecule has 1 N–H and O–H groups in total. The minimum absolute atomic E-state index is 0.135. The number of nitrogens with zero attached hydrogens (tertiary/aromatic N) is 1. The Labute approximate surface area is 173 Å². The molecule has 0 heterocycles. The van der Waals surface area contributed by atoms with Crippen LogP contribution in [0.5, 0.6) is 5.75 Å². The van der Waals surface area contributed by atoms with Crippen molar-refractivity contribution in [3.05, 3.63) is 94.0 Å². The van der Waals surface area contributed by atoms with Crippen LogP contribution in [0.3, 0.4) is 0 Å². The Kier molecular flexibility index (Phi) is 6.57. The van der Waals surface area contributed by atoms with Gasteiger partial charge in [0.1, 0.15) is 12.4 Å². The van der Waals surface area contributed by atoms with Gasteiger partial charge in [-0.25, -0.2) is 4.83 Å². The third-order valence-corrected chi connectivity index (χ3v) is 5.49. The van der Waals surface area contributed by atoms with Gasteiger partial charge in [-0.05, 0) is 53.6 Å². The zero-order valence-corrected chi connectivity index (χ0v) is 16.9. The van der Waals surface area contributed by atoms with E-state index in [1.165, 1.54) is 18.3 Å². The monoisotopic (exact) mass is 434 g/mol. The van der Waals surface area contributed by atoms with Gasteiger partial charge in [0.25, 0.3) is 10.0 Å². The summed E-state index contributed by atoms with van der Waals surface area (Å²) in [5.41, 5.74) is 1.58. The average Bonchev–Trinajstić information content (AvgIpc) is 2.69. The lowest BCUT2D eigenvalue weighted by atomic mass is 10.2. The molecular weight excluding hydrogens is 419 g/mol. The van der Waals surface area contributed by atoms with Crippen molar-refractivity contribution in [3.8, 4) is 5.75 Å². The molecule has 3 rings (SSSR count). The van der Waals surface area contributed by atoms with Gasteiger partial charge >= 0.3 is 0 Å². The van der Waals surface area contributed by atoms with E-state index in [-0.39, 0.29) is 4.90 Å². The van der Waals surface area contributed by atoms with E-state index >= 15 is 0 Å². The Balaban J connectivity index is 1.62. The molecule has 8 heteroatoms. The zero-order chi connectivity index (χ0) is 20.0. The molecule has 0 saturated heterocycles. The van der Waals surface area contributed by atoms with Crippen LogP contribution in [0.2, 0.25) is 10.0 Å². The molecule has 0 unspecified atom stereocenters. The predicted octanol–water partition coefficient (Wildman–Crippen LogP) is 4.88. The number of benzene rings is 3. The van der Waals surface area contributed by atoms with Crippen LogP contribution >= 0.6 is 23.2 Å². The molecule has 0 aliphatic heterocycles. The number of ether oxygens (including phenoxy) is 1. The maximum absolute atomic E-state index is 12.1. The van der Waals surface area contributed by atoms with Gasteiger partial charge in [-0.2, -0.15) is 13.5 Å². The van der Waals surface area contributed by atoms with Gasteiger partial charge in [0.2, 0.25) is 0 Å². The first kappa shape index (κ1) is 20.2. The van der Waals surface area contributed by atoms with Gasteiger partial charge in [-0.3, -0.25) is 0 Å². The second-order valence-corrected chi connectivity index (χ2v) is 8.28. The standard InChI is InChI=1S/C20H16Cl2N2O3S/c21-17-9-6-15(7-10-17)14-27-20-11-8-16(12-19(20)22)13-23-24-28(25,26)18-4-2-1-3-5-18/h1-13,24H,14H2/b23-13-. The first-order valence-electron chi connectivity index (χ1n) is 8.21. The van der Waals surface area contributed by atoms with Crippen molar-refractivity contribution < 1.29 is 13.2 Å². The predicted molar refractivity (Wildman–Crippen MR) is 112 cm³/mol. The van der Waals surface area contributed by atoms with Gasteiger partial charge in [0, 0.05) is 5.02 Å². The lowest BCUT2D eigenvalue weighted by Crippen LogP contribution is -2.18. The largest absolute Gasteiger partial charge is 0.487 e. The summed E-state index contributed by atoms with van der Waals surface area (Å²) in [6.07, 6.45) is 1.37. The Morgan fingerprint density at radius 2 is 1.68 bits per heavy atom. The lowest BCUT2D eigenvalue weighted by molar-refractivity contribution is 0.306. The number of rotatable bonds is 7. The fourth-order valence-electron chi connectivity index (χ4n) is 2.28. The van der Waals surface area contributed by atoms with Crippen molar-refractivity contribution in [2.45, 2.75) is 11.5 Å². The number of hydrogen-bond acceptors (Lipinski definition) is 4. The quantitative estimate of drug-likeness (QED) is 0.425. The molecule has 0 amide bonds. The van der Waals surface area contributed by atoms with Gasteiger partial charge in [-0.15, -0.1) is 0 Å². The maximum Gasteiger partial charge on any atom is 0.276 e. The number of hydrogen-bond donors (Lipinski definition) is 1. The number of hydrazone groups is 1. The second-order valence-electron chi connectivity index (χ2n) is 5.77. The summed E-state index contributed by atoms with van der Waals surface area (Å²) in [7, 11) is -3.71. The van der Waals surface area contributed by atoms with Crippen molar-refractivity contribution in [3.63, 3.8) is 0 Å². The van der Waals surface area contributed by atoms with Crippen LogP contribution in [0, 0.1) is 0 Å². The first-order valence-corrected chi connectivity index (χ1v) is 10.4. The molecule has 0 atom stereocenters.